The fraction of sp³-hybridized carbons (Fsp3) is 0.0909. The third-order valence-electron chi connectivity index (χ3n) is 7.06. The minimum absolute atomic E-state index is 0.186. The van der Waals surface area contributed by atoms with Gasteiger partial charge in [-0.3, -0.25) is 9.69 Å². The molecule has 0 radical (unpaired) electrons. The molecule has 210 valence electrons. The number of amidine groups is 1. The lowest BCUT2D eigenvalue weighted by Crippen LogP contribution is -2.28. The molecule has 0 atom stereocenters. The van der Waals surface area contributed by atoms with Crippen LogP contribution in [-0.4, -0.2) is 15.6 Å². The maximum atomic E-state index is 14.0. The topological polar surface area (TPSA) is 37.6 Å². The van der Waals surface area contributed by atoms with Crippen LogP contribution < -0.4 is 4.90 Å². The number of hydrogen-bond acceptors (Lipinski definition) is 3. The van der Waals surface area contributed by atoms with E-state index in [1.54, 1.807) is 23.1 Å². The van der Waals surface area contributed by atoms with Crippen molar-refractivity contribution in [1.29, 1.82) is 0 Å². The lowest BCUT2D eigenvalue weighted by molar-refractivity contribution is -0.113. The summed E-state index contributed by atoms with van der Waals surface area (Å²) in [7, 11) is 0. The summed E-state index contributed by atoms with van der Waals surface area (Å²) < 4.78 is 2.13. The molecule has 5 aromatic rings. The van der Waals surface area contributed by atoms with Gasteiger partial charge >= 0.3 is 0 Å². The fourth-order valence-electron chi connectivity index (χ4n) is 4.75. The summed E-state index contributed by atoms with van der Waals surface area (Å²) in [5, 5.41) is 3.91. The summed E-state index contributed by atoms with van der Waals surface area (Å²) in [5.41, 5.74) is 6.05. The smallest absolute Gasteiger partial charge is 0.271 e. The summed E-state index contributed by atoms with van der Waals surface area (Å²) in [6, 6.07) is 24.8. The van der Waals surface area contributed by atoms with Crippen LogP contribution in [0.3, 0.4) is 0 Å². The second-order valence-electron chi connectivity index (χ2n) is 9.98. The maximum Gasteiger partial charge on any atom is 0.271 e. The number of aryl methyl sites for hydroxylation is 2. The van der Waals surface area contributed by atoms with Crippen molar-refractivity contribution >= 4 is 97.6 Å². The average Bonchev–Trinajstić information content (AvgIpc) is 3.46. The van der Waals surface area contributed by atoms with Gasteiger partial charge in [-0.1, -0.05) is 82.8 Å². The lowest BCUT2D eigenvalue weighted by atomic mass is 10.1. The third-order valence-corrected chi connectivity index (χ3v) is 9.43. The van der Waals surface area contributed by atoms with Crippen molar-refractivity contribution in [3.05, 3.63) is 132 Å². The van der Waals surface area contributed by atoms with E-state index in [1.165, 1.54) is 11.8 Å². The molecule has 1 aromatic heterocycles. The van der Waals surface area contributed by atoms with E-state index >= 15 is 0 Å². The Hall–Kier alpha value is -3.19. The molecule has 9 heteroatoms. The zero-order chi connectivity index (χ0) is 29.5. The second kappa shape index (κ2) is 11.8. The summed E-state index contributed by atoms with van der Waals surface area (Å²) in [6.45, 7) is 4.41. The number of nitrogens with zero attached hydrogens (tertiary/aromatic N) is 3. The Kier molecular flexibility index (Phi) is 8.14. The highest BCUT2D eigenvalue weighted by Gasteiger charge is 2.35. The second-order valence-corrected chi connectivity index (χ2v) is 12.6. The summed E-state index contributed by atoms with van der Waals surface area (Å²) in [6.07, 6.45) is 3.96. The van der Waals surface area contributed by atoms with Gasteiger partial charge in [0.25, 0.3) is 5.91 Å². The van der Waals surface area contributed by atoms with E-state index in [4.69, 9.17) is 51.4 Å². The van der Waals surface area contributed by atoms with Gasteiger partial charge in [0.15, 0.2) is 5.17 Å². The van der Waals surface area contributed by atoms with Gasteiger partial charge < -0.3 is 4.57 Å². The number of fused-ring (bicyclic) bond motifs is 1. The number of para-hydroxylation sites is 1. The SMILES string of the molecule is Cc1ccc(N=C2S/C(=C\c3cn(Cc4ccc(Cl)cc4Cl)c4ccccc34)C(=O)N2c2ccc(C)c(Cl)c2)cc1Cl. The molecule has 1 aliphatic heterocycles. The molecule has 2 heterocycles. The largest absolute Gasteiger partial charge is 0.342 e. The molecule has 1 aliphatic rings. The van der Waals surface area contributed by atoms with Gasteiger partial charge in [-0.2, -0.15) is 0 Å². The number of rotatable bonds is 5. The van der Waals surface area contributed by atoms with Crippen molar-refractivity contribution in [3.63, 3.8) is 0 Å². The molecule has 0 unspecified atom stereocenters. The number of carbonyl (C=O) groups is 1. The summed E-state index contributed by atoms with van der Waals surface area (Å²) in [4.78, 5) is 21.0. The normalized spacial score (nSPS) is 15.5. The number of thioether (sulfide) groups is 1. The Bertz CT molecular complexity index is 1950. The maximum absolute atomic E-state index is 14.0. The first-order valence-corrected chi connectivity index (χ1v) is 15.4. The highest BCUT2D eigenvalue weighted by molar-refractivity contribution is 8.19. The summed E-state index contributed by atoms with van der Waals surface area (Å²) >= 11 is 26.8. The number of hydrogen-bond donors (Lipinski definition) is 0. The van der Waals surface area contributed by atoms with Crippen LogP contribution in [0.2, 0.25) is 20.1 Å². The van der Waals surface area contributed by atoms with Gasteiger partial charge in [0.1, 0.15) is 0 Å². The Morgan fingerprint density at radius 3 is 2.31 bits per heavy atom. The number of anilines is 1. The third kappa shape index (κ3) is 5.72. The van der Waals surface area contributed by atoms with Gasteiger partial charge in [0, 0.05) is 49.3 Å². The molecule has 42 heavy (non-hydrogen) atoms. The molecule has 4 aromatic carbocycles. The highest BCUT2D eigenvalue weighted by Crippen LogP contribution is 2.40. The molecular formula is C33H23Cl4N3OS. The first-order valence-electron chi connectivity index (χ1n) is 13.0. The van der Waals surface area contributed by atoms with Crippen LogP contribution in [0.5, 0.6) is 0 Å². The molecule has 0 spiro atoms. The van der Waals surface area contributed by atoms with Gasteiger partial charge in [-0.05, 0) is 90.8 Å². The van der Waals surface area contributed by atoms with Crippen LogP contribution in [-0.2, 0) is 11.3 Å². The minimum atomic E-state index is -0.186. The van der Waals surface area contributed by atoms with Gasteiger partial charge in [-0.15, -0.1) is 0 Å². The highest BCUT2D eigenvalue weighted by atomic mass is 35.5. The number of carbonyl (C=O) groups excluding carboxylic acids is 1. The van der Waals surface area contributed by atoms with Crippen LogP contribution in [0.15, 0.2) is 95.0 Å². The Labute approximate surface area is 268 Å². The van der Waals surface area contributed by atoms with Gasteiger partial charge in [-0.25, -0.2) is 4.99 Å². The molecule has 0 aliphatic carbocycles. The predicted molar refractivity (Wildman–Crippen MR) is 180 cm³/mol. The Morgan fingerprint density at radius 2 is 1.57 bits per heavy atom. The standard InChI is InChI=1S/C33H23Cl4N3OS/c1-19-7-11-24(15-27(19)35)38-33-40(25-12-8-20(2)28(36)16-25)32(41)31(42-33)13-22-18-39(30-6-4-3-5-26(22)30)17-21-9-10-23(34)14-29(21)37/h3-16,18H,17H2,1-2H3/b31-13-,38-33?. The van der Waals surface area contributed by atoms with E-state index in [9.17, 15) is 4.79 Å². The van der Waals surface area contributed by atoms with Gasteiger partial charge in [0.2, 0.25) is 0 Å². The van der Waals surface area contributed by atoms with Gasteiger partial charge in [0.05, 0.1) is 16.3 Å². The number of halogens is 4. The molecule has 0 bridgehead atoms. The molecule has 4 nitrogen and oxygen atoms in total. The molecule has 1 amide bonds. The molecule has 6 rings (SSSR count). The van der Waals surface area contributed by atoms with E-state index in [2.05, 4.69) is 10.6 Å². The number of aliphatic imine (C=N–C) groups is 1. The van der Waals surface area contributed by atoms with Crippen molar-refractivity contribution in [2.45, 2.75) is 20.4 Å². The quantitative estimate of drug-likeness (QED) is 0.177. The number of aromatic nitrogens is 1. The molecule has 0 saturated carbocycles. The van der Waals surface area contributed by atoms with E-state index < -0.39 is 0 Å². The number of benzene rings is 4. The zero-order valence-electron chi connectivity index (χ0n) is 22.5. The van der Waals surface area contributed by atoms with E-state index in [0.29, 0.717) is 48.1 Å². The van der Waals surface area contributed by atoms with Crippen molar-refractivity contribution in [2.24, 2.45) is 4.99 Å². The van der Waals surface area contributed by atoms with Crippen molar-refractivity contribution in [3.8, 4) is 0 Å². The predicted octanol–water partition coefficient (Wildman–Crippen LogP) is 10.7. The van der Waals surface area contributed by atoms with Crippen LogP contribution in [0.1, 0.15) is 22.3 Å². The fourth-order valence-corrected chi connectivity index (χ4v) is 6.56. The molecule has 1 fully saturated rings. The molecular weight excluding hydrogens is 628 g/mol. The molecule has 1 saturated heterocycles. The Balaban J connectivity index is 1.44. The van der Waals surface area contributed by atoms with Crippen LogP contribution in [0, 0.1) is 13.8 Å². The number of amides is 1. The van der Waals surface area contributed by atoms with E-state index in [1.807, 2.05) is 80.7 Å². The lowest BCUT2D eigenvalue weighted by Gasteiger charge is -2.16. The van der Waals surface area contributed by atoms with Crippen molar-refractivity contribution in [2.75, 3.05) is 4.90 Å². The zero-order valence-corrected chi connectivity index (χ0v) is 26.4. The van der Waals surface area contributed by atoms with Crippen molar-refractivity contribution in [1.82, 2.24) is 4.57 Å². The van der Waals surface area contributed by atoms with Crippen molar-refractivity contribution < 1.29 is 4.79 Å². The molecule has 0 N–H and O–H groups in total. The van der Waals surface area contributed by atoms with Crippen LogP contribution in [0.25, 0.3) is 17.0 Å². The monoisotopic (exact) mass is 649 g/mol. The first-order chi connectivity index (χ1) is 20.2. The first kappa shape index (κ1) is 28.9. The Morgan fingerprint density at radius 1 is 0.833 bits per heavy atom. The van der Waals surface area contributed by atoms with E-state index in [-0.39, 0.29) is 5.91 Å². The van der Waals surface area contributed by atoms with E-state index in [0.717, 1.165) is 33.2 Å². The van der Waals surface area contributed by atoms with Crippen LogP contribution >= 0.6 is 58.2 Å². The minimum Gasteiger partial charge on any atom is -0.342 e. The average molecular weight is 651 g/mol. The van der Waals surface area contributed by atoms with Crippen LogP contribution in [0.4, 0.5) is 11.4 Å². The summed E-state index contributed by atoms with van der Waals surface area (Å²) in [5.74, 6) is -0.186.